The van der Waals surface area contributed by atoms with E-state index in [-0.39, 0.29) is 0 Å². The highest BCUT2D eigenvalue weighted by Gasteiger charge is 2.18. The standard InChI is InChI=1S/C32H19NS2/c1-2-8-22(9-3-1)33-27-12-6-4-11-25(27)32-31(33)26-17-15-21(19-30(26)35-32)20-14-16-24-23-10-5-7-13-28(23)34-29(24)18-20/h1-19H. The van der Waals surface area contributed by atoms with E-state index in [0.717, 1.165) is 0 Å². The van der Waals surface area contributed by atoms with Crippen molar-refractivity contribution in [3.63, 3.8) is 0 Å². The molecule has 0 aliphatic carbocycles. The van der Waals surface area contributed by atoms with Crippen molar-refractivity contribution in [1.29, 1.82) is 0 Å². The van der Waals surface area contributed by atoms with Gasteiger partial charge in [-0.1, -0.05) is 78.9 Å². The van der Waals surface area contributed by atoms with E-state index < -0.39 is 0 Å². The monoisotopic (exact) mass is 481 g/mol. The van der Waals surface area contributed by atoms with Gasteiger partial charge in [0.1, 0.15) is 0 Å². The summed E-state index contributed by atoms with van der Waals surface area (Å²) in [5.41, 5.74) is 6.33. The van der Waals surface area contributed by atoms with Crippen molar-refractivity contribution in [3.8, 4) is 16.8 Å². The summed E-state index contributed by atoms with van der Waals surface area (Å²) in [6.45, 7) is 0. The van der Waals surface area contributed by atoms with E-state index in [2.05, 4.69) is 120 Å². The summed E-state index contributed by atoms with van der Waals surface area (Å²) in [5, 5.41) is 5.34. The number of thiophene rings is 2. The van der Waals surface area contributed by atoms with Gasteiger partial charge < -0.3 is 4.57 Å². The highest BCUT2D eigenvalue weighted by atomic mass is 32.1. The zero-order valence-electron chi connectivity index (χ0n) is 18.7. The van der Waals surface area contributed by atoms with Crippen LogP contribution in [0.5, 0.6) is 0 Å². The van der Waals surface area contributed by atoms with Crippen molar-refractivity contribution in [3.05, 3.63) is 115 Å². The second-order valence-electron chi connectivity index (χ2n) is 8.99. The lowest BCUT2D eigenvalue weighted by molar-refractivity contribution is 1.19. The van der Waals surface area contributed by atoms with Crippen LogP contribution < -0.4 is 0 Å². The molecule has 0 amide bonds. The van der Waals surface area contributed by atoms with Crippen LogP contribution in [-0.2, 0) is 0 Å². The van der Waals surface area contributed by atoms with Crippen molar-refractivity contribution in [2.45, 2.75) is 0 Å². The average Bonchev–Trinajstić information content (AvgIpc) is 3.57. The van der Waals surface area contributed by atoms with E-state index in [0.29, 0.717) is 0 Å². The van der Waals surface area contributed by atoms with Gasteiger partial charge in [0, 0.05) is 41.3 Å². The van der Waals surface area contributed by atoms with Gasteiger partial charge in [-0.25, -0.2) is 0 Å². The van der Waals surface area contributed by atoms with Gasteiger partial charge in [-0.3, -0.25) is 0 Å². The van der Waals surface area contributed by atoms with E-state index in [1.54, 1.807) is 0 Å². The summed E-state index contributed by atoms with van der Waals surface area (Å²) in [4.78, 5) is 0. The Morgan fingerprint density at radius 3 is 1.91 bits per heavy atom. The molecule has 0 aliphatic heterocycles. The number of rotatable bonds is 2. The maximum absolute atomic E-state index is 2.42. The molecular weight excluding hydrogens is 462 g/mol. The molecule has 0 radical (unpaired) electrons. The van der Waals surface area contributed by atoms with E-state index in [4.69, 9.17) is 0 Å². The number of hydrogen-bond donors (Lipinski definition) is 0. The summed E-state index contributed by atoms with van der Waals surface area (Å²) < 4.78 is 7.81. The molecule has 8 rings (SSSR count). The van der Waals surface area contributed by atoms with Crippen molar-refractivity contribution >= 4 is 74.1 Å². The van der Waals surface area contributed by atoms with Crippen molar-refractivity contribution in [1.82, 2.24) is 4.57 Å². The van der Waals surface area contributed by atoms with Crippen LogP contribution >= 0.6 is 22.7 Å². The summed E-state index contributed by atoms with van der Waals surface area (Å²) in [7, 11) is 0. The second-order valence-corrected chi connectivity index (χ2v) is 11.1. The number of para-hydroxylation sites is 2. The molecule has 0 bridgehead atoms. The summed E-state index contributed by atoms with van der Waals surface area (Å²) in [5.74, 6) is 0. The number of hydrogen-bond acceptors (Lipinski definition) is 2. The van der Waals surface area contributed by atoms with Gasteiger partial charge in [0.2, 0.25) is 0 Å². The summed E-state index contributed by atoms with van der Waals surface area (Å²) in [6.07, 6.45) is 0. The minimum absolute atomic E-state index is 1.21. The van der Waals surface area contributed by atoms with Crippen molar-refractivity contribution < 1.29 is 0 Å². The average molecular weight is 482 g/mol. The Morgan fingerprint density at radius 1 is 0.457 bits per heavy atom. The molecule has 3 heteroatoms. The molecule has 0 atom stereocenters. The minimum Gasteiger partial charge on any atom is -0.308 e. The van der Waals surface area contributed by atoms with Crippen LogP contribution in [0.25, 0.3) is 68.2 Å². The first-order valence-corrected chi connectivity index (χ1v) is 13.4. The fourth-order valence-electron chi connectivity index (χ4n) is 5.40. The molecule has 164 valence electrons. The third kappa shape index (κ3) is 2.80. The highest BCUT2D eigenvalue weighted by Crippen LogP contribution is 2.44. The number of nitrogens with zero attached hydrogens (tertiary/aromatic N) is 1. The molecule has 3 aromatic heterocycles. The third-order valence-electron chi connectivity index (χ3n) is 7.00. The Kier molecular flexibility index (Phi) is 4.04. The van der Waals surface area contributed by atoms with E-state index >= 15 is 0 Å². The minimum atomic E-state index is 1.21. The topological polar surface area (TPSA) is 4.93 Å². The first-order chi connectivity index (χ1) is 17.3. The lowest BCUT2D eigenvalue weighted by Crippen LogP contribution is -1.92. The first-order valence-electron chi connectivity index (χ1n) is 11.8. The smallest absolute Gasteiger partial charge is 0.0727 e. The van der Waals surface area contributed by atoms with Crippen LogP contribution in [0.3, 0.4) is 0 Å². The van der Waals surface area contributed by atoms with Gasteiger partial charge in [-0.05, 0) is 47.5 Å². The molecule has 0 saturated heterocycles. The number of fused-ring (bicyclic) bond motifs is 8. The van der Waals surface area contributed by atoms with Gasteiger partial charge in [-0.15, -0.1) is 22.7 Å². The summed E-state index contributed by atoms with van der Waals surface area (Å²) >= 11 is 3.78. The predicted molar refractivity (Wildman–Crippen MR) is 154 cm³/mol. The zero-order valence-corrected chi connectivity index (χ0v) is 20.4. The molecule has 0 saturated carbocycles. The van der Waals surface area contributed by atoms with Crippen LogP contribution in [0.4, 0.5) is 0 Å². The summed E-state index contributed by atoms with van der Waals surface area (Å²) in [6, 6.07) is 42.1. The second kappa shape index (κ2) is 7.29. The Morgan fingerprint density at radius 2 is 1.09 bits per heavy atom. The number of aromatic nitrogens is 1. The zero-order chi connectivity index (χ0) is 22.9. The largest absolute Gasteiger partial charge is 0.308 e. The van der Waals surface area contributed by atoms with Gasteiger partial charge in [-0.2, -0.15) is 0 Å². The maximum atomic E-state index is 2.42. The molecule has 3 heterocycles. The van der Waals surface area contributed by atoms with E-state index in [1.807, 2.05) is 22.7 Å². The van der Waals surface area contributed by atoms with Crippen molar-refractivity contribution in [2.75, 3.05) is 0 Å². The SMILES string of the molecule is c1ccc(-n2c3ccccc3c3sc4cc(-c5ccc6c(c5)sc5ccccc56)ccc4c32)cc1. The maximum Gasteiger partial charge on any atom is 0.0727 e. The van der Waals surface area contributed by atoms with Crippen molar-refractivity contribution in [2.24, 2.45) is 0 Å². The van der Waals surface area contributed by atoms with Gasteiger partial charge >= 0.3 is 0 Å². The molecule has 5 aromatic carbocycles. The Labute approximate surface area is 210 Å². The molecule has 35 heavy (non-hydrogen) atoms. The van der Waals surface area contributed by atoms with Crippen LogP contribution in [0.15, 0.2) is 115 Å². The number of benzene rings is 5. The van der Waals surface area contributed by atoms with Crippen LogP contribution in [-0.4, -0.2) is 4.57 Å². The van der Waals surface area contributed by atoms with Crippen LogP contribution in [0, 0.1) is 0 Å². The molecule has 0 aliphatic rings. The van der Waals surface area contributed by atoms with E-state index in [9.17, 15) is 0 Å². The molecule has 0 unspecified atom stereocenters. The molecule has 1 nitrogen and oxygen atoms in total. The normalized spacial score (nSPS) is 12.0. The molecular formula is C32H19NS2. The predicted octanol–water partition coefficient (Wildman–Crippen LogP) is 10.0. The Balaban J connectivity index is 1.36. The van der Waals surface area contributed by atoms with Crippen LogP contribution in [0.2, 0.25) is 0 Å². The molecule has 0 fully saturated rings. The Bertz CT molecular complexity index is 2050. The Hall–Kier alpha value is -3.92. The molecule has 0 spiro atoms. The van der Waals surface area contributed by atoms with Gasteiger partial charge in [0.15, 0.2) is 0 Å². The van der Waals surface area contributed by atoms with Gasteiger partial charge in [0.05, 0.1) is 15.7 Å². The fourth-order valence-corrected chi connectivity index (χ4v) is 7.81. The lowest BCUT2D eigenvalue weighted by Gasteiger charge is -2.08. The van der Waals surface area contributed by atoms with E-state index in [1.165, 1.54) is 68.2 Å². The third-order valence-corrected chi connectivity index (χ3v) is 9.31. The van der Waals surface area contributed by atoms with Crippen LogP contribution in [0.1, 0.15) is 0 Å². The molecule has 8 aromatic rings. The fraction of sp³-hybridized carbons (Fsp3) is 0. The lowest BCUT2D eigenvalue weighted by atomic mass is 10.0. The highest BCUT2D eigenvalue weighted by molar-refractivity contribution is 7.27. The van der Waals surface area contributed by atoms with Gasteiger partial charge in [0.25, 0.3) is 0 Å². The quantitative estimate of drug-likeness (QED) is 0.231. The first kappa shape index (κ1) is 19.4. The molecule has 0 N–H and O–H groups in total.